The second-order valence-corrected chi connectivity index (χ2v) is 4.25. The summed E-state index contributed by atoms with van der Waals surface area (Å²) in [7, 11) is 1.38. The molecule has 19 heavy (non-hydrogen) atoms. The van der Waals surface area contributed by atoms with Gasteiger partial charge in [-0.2, -0.15) is 13.2 Å². The molecule has 0 heterocycles. The Bertz CT molecular complexity index is 479. The third-order valence-corrected chi connectivity index (χ3v) is 2.75. The average molecular weight is 344 g/mol. The smallest absolute Gasteiger partial charge is 0.417 e. The van der Waals surface area contributed by atoms with Gasteiger partial charge in [0.25, 0.3) is 0 Å². The molecule has 0 aliphatic rings. The van der Waals surface area contributed by atoms with E-state index >= 15 is 0 Å². The first-order valence-electron chi connectivity index (χ1n) is 4.94. The highest BCUT2D eigenvalue weighted by atomic mass is 79.9. The number of nitrogens with zero attached hydrogens (tertiary/aromatic N) is 1. The normalized spacial score (nSPS) is 11.4. The van der Waals surface area contributed by atoms with Gasteiger partial charge in [0.15, 0.2) is 5.75 Å². The lowest BCUT2D eigenvalue weighted by molar-refractivity contribution is -0.386. The molecule has 0 atom stereocenters. The molecular formula is C10H9BrF3NO4. The van der Waals surface area contributed by atoms with Crippen molar-refractivity contribution in [1.82, 2.24) is 0 Å². The maximum absolute atomic E-state index is 12.7. The van der Waals surface area contributed by atoms with Gasteiger partial charge in [0.2, 0.25) is 0 Å². The third kappa shape index (κ3) is 4.06. The summed E-state index contributed by atoms with van der Waals surface area (Å²) in [6.45, 7) is 0.0187. The van der Waals surface area contributed by atoms with Crippen LogP contribution in [0, 0.1) is 10.1 Å². The molecule has 0 bridgehead atoms. The summed E-state index contributed by atoms with van der Waals surface area (Å²) in [6.07, 6.45) is -4.63. The molecule has 1 rings (SSSR count). The number of halogens is 4. The molecule has 0 aliphatic carbocycles. The van der Waals surface area contributed by atoms with E-state index in [9.17, 15) is 23.3 Å². The van der Waals surface area contributed by atoms with Crippen LogP contribution in [0.3, 0.4) is 0 Å². The van der Waals surface area contributed by atoms with Gasteiger partial charge >= 0.3 is 11.9 Å². The standard InChI is InChI=1S/C10H9BrF3NO4/c1-18-2-3-19-9-4-6(10(12,13)14)7(11)5-8(9)15(16)17/h4-5H,2-3H2,1H3. The SMILES string of the molecule is COCCOc1cc(C(F)(F)F)c(Br)cc1[N+](=O)[O-]. The van der Waals surface area contributed by atoms with Gasteiger partial charge in [0.1, 0.15) is 6.61 Å². The van der Waals surface area contributed by atoms with Gasteiger partial charge in [-0.25, -0.2) is 0 Å². The predicted octanol–water partition coefficient (Wildman–Crippen LogP) is 3.40. The summed E-state index contributed by atoms with van der Waals surface area (Å²) in [6, 6.07) is 1.36. The van der Waals surface area contributed by atoms with E-state index < -0.39 is 32.6 Å². The Kier molecular flexibility index (Phi) is 5.12. The molecule has 0 saturated heterocycles. The minimum atomic E-state index is -4.63. The van der Waals surface area contributed by atoms with Crippen molar-refractivity contribution >= 4 is 21.6 Å². The molecule has 1 aromatic carbocycles. The highest BCUT2D eigenvalue weighted by molar-refractivity contribution is 9.10. The van der Waals surface area contributed by atoms with Crippen LogP contribution < -0.4 is 4.74 Å². The zero-order chi connectivity index (χ0) is 14.6. The molecule has 0 saturated carbocycles. The molecule has 1 aromatic rings. The first-order chi connectivity index (χ1) is 8.77. The van der Waals surface area contributed by atoms with Crippen molar-refractivity contribution in [2.24, 2.45) is 0 Å². The van der Waals surface area contributed by atoms with Gasteiger partial charge in [0.05, 0.1) is 17.1 Å². The number of hydrogen-bond donors (Lipinski definition) is 0. The van der Waals surface area contributed by atoms with E-state index in [2.05, 4.69) is 20.7 Å². The molecule has 0 amide bonds. The summed E-state index contributed by atoms with van der Waals surface area (Å²) < 4.78 is 47.2. The lowest BCUT2D eigenvalue weighted by atomic mass is 10.2. The van der Waals surface area contributed by atoms with Crippen molar-refractivity contribution in [2.75, 3.05) is 20.3 Å². The van der Waals surface area contributed by atoms with Crippen LogP contribution in [0.4, 0.5) is 18.9 Å². The lowest BCUT2D eigenvalue weighted by Crippen LogP contribution is -2.10. The molecule has 106 valence electrons. The van der Waals surface area contributed by atoms with Gasteiger partial charge in [-0.1, -0.05) is 0 Å². The Balaban J connectivity index is 3.20. The van der Waals surface area contributed by atoms with Gasteiger partial charge in [-0.15, -0.1) is 0 Å². The van der Waals surface area contributed by atoms with Crippen molar-refractivity contribution in [2.45, 2.75) is 6.18 Å². The quantitative estimate of drug-likeness (QED) is 0.467. The van der Waals surface area contributed by atoms with Gasteiger partial charge < -0.3 is 9.47 Å². The first kappa shape index (κ1) is 15.7. The Hall–Kier alpha value is -1.35. The monoisotopic (exact) mass is 343 g/mol. The molecule has 0 unspecified atom stereocenters. The van der Waals surface area contributed by atoms with Crippen LogP contribution in [0.25, 0.3) is 0 Å². The molecule has 0 radical (unpaired) electrons. The molecule has 0 aromatic heterocycles. The van der Waals surface area contributed by atoms with Crippen LogP contribution in [0.1, 0.15) is 5.56 Å². The second kappa shape index (κ2) is 6.20. The molecule has 0 spiro atoms. The molecule has 0 N–H and O–H groups in total. The van der Waals surface area contributed by atoms with E-state index in [-0.39, 0.29) is 13.2 Å². The summed E-state index contributed by atoms with van der Waals surface area (Å²) in [5, 5.41) is 10.8. The van der Waals surface area contributed by atoms with Crippen molar-refractivity contribution in [3.05, 3.63) is 32.3 Å². The third-order valence-electron chi connectivity index (χ3n) is 2.10. The highest BCUT2D eigenvalue weighted by Gasteiger charge is 2.35. The van der Waals surface area contributed by atoms with Crippen LogP contribution in [-0.2, 0) is 10.9 Å². The van der Waals surface area contributed by atoms with E-state index in [0.717, 1.165) is 6.07 Å². The number of rotatable bonds is 5. The first-order valence-corrected chi connectivity index (χ1v) is 5.73. The lowest BCUT2D eigenvalue weighted by Gasteiger charge is -2.12. The number of nitro benzene ring substituents is 1. The fraction of sp³-hybridized carbons (Fsp3) is 0.400. The highest BCUT2D eigenvalue weighted by Crippen LogP contribution is 2.41. The minimum Gasteiger partial charge on any atom is -0.484 e. The number of hydrogen-bond acceptors (Lipinski definition) is 4. The average Bonchev–Trinajstić information content (AvgIpc) is 2.29. The van der Waals surface area contributed by atoms with Crippen LogP contribution in [0.2, 0.25) is 0 Å². The predicted molar refractivity (Wildman–Crippen MR) is 63.2 cm³/mol. The van der Waals surface area contributed by atoms with Gasteiger partial charge in [0, 0.05) is 23.7 Å². The van der Waals surface area contributed by atoms with Crippen molar-refractivity contribution < 1.29 is 27.6 Å². The zero-order valence-corrected chi connectivity index (χ0v) is 11.2. The number of benzene rings is 1. The molecule has 9 heteroatoms. The molecular weight excluding hydrogens is 335 g/mol. The zero-order valence-electron chi connectivity index (χ0n) is 9.66. The molecule has 0 fully saturated rings. The van der Waals surface area contributed by atoms with Gasteiger partial charge in [-0.05, 0) is 15.9 Å². The maximum Gasteiger partial charge on any atom is 0.417 e. The van der Waals surface area contributed by atoms with Gasteiger partial charge in [-0.3, -0.25) is 10.1 Å². The Morgan fingerprint density at radius 3 is 2.47 bits per heavy atom. The van der Waals surface area contributed by atoms with Crippen LogP contribution in [-0.4, -0.2) is 25.2 Å². The van der Waals surface area contributed by atoms with Crippen molar-refractivity contribution in [3.63, 3.8) is 0 Å². The van der Waals surface area contributed by atoms with E-state index in [1.54, 1.807) is 0 Å². The fourth-order valence-corrected chi connectivity index (χ4v) is 1.81. The summed E-state index contributed by atoms with van der Waals surface area (Å²) in [5.74, 6) is -0.447. The summed E-state index contributed by atoms with van der Waals surface area (Å²) >= 11 is 2.66. The maximum atomic E-state index is 12.7. The fourth-order valence-electron chi connectivity index (χ4n) is 1.25. The Morgan fingerprint density at radius 1 is 1.37 bits per heavy atom. The van der Waals surface area contributed by atoms with Crippen molar-refractivity contribution in [3.8, 4) is 5.75 Å². The number of nitro groups is 1. The largest absolute Gasteiger partial charge is 0.484 e. The molecule has 5 nitrogen and oxygen atoms in total. The van der Waals surface area contributed by atoms with Crippen LogP contribution in [0.15, 0.2) is 16.6 Å². The summed E-state index contributed by atoms with van der Waals surface area (Å²) in [5.41, 5.74) is -1.58. The molecule has 0 aliphatic heterocycles. The topological polar surface area (TPSA) is 61.6 Å². The minimum absolute atomic E-state index is 0.0870. The van der Waals surface area contributed by atoms with E-state index in [1.165, 1.54) is 7.11 Å². The number of alkyl halides is 3. The number of methoxy groups -OCH3 is 1. The Morgan fingerprint density at radius 2 is 2.00 bits per heavy atom. The van der Waals surface area contributed by atoms with E-state index in [4.69, 9.17) is 4.74 Å². The number of ether oxygens (including phenoxy) is 2. The summed E-state index contributed by atoms with van der Waals surface area (Å²) in [4.78, 5) is 9.95. The van der Waals surface area contributed by atoms with E-state index in [1.807, 2.05) is 0 Å². The Labute approximate surface area is 114 Å². The van der Waals surface area contributed by atoms with Crippen LogP contribution in [0.5, 0.6) is 5.75 Å². The second-order valence-electron chi connectivity index (χ2n) is 3.40. The van der Waals surface area contributed by atoms with Crippen molar-refractivity contribution in [1.29, 1.82) is 0 Å². The van der Waals surface area contributed by atoms with Crippen LogP contribution >= 0.6 is 15.9 Å². The van der Waals surface area contributed by atoms with E-state index in [0.29, 0.717) is 6.07 Å².